The Morgan fingerprint density at radius 2 is 1.03 bits per heavy atom. The maximum Gasteiger partial charge on any atom is 0.573 e. The molecule has 0 saturated carbocycles. The molecule has 0 heterocycles. The molecule has 0 aliphatic rings. The van der Waals surface area contributed by atoms with Gasteiger partial charge in [0, 0.05) is 22.3 Å². The van der Waals surface area contributed by atoms with Gasteiger partial charge in [-0.2, -0.15) is 0 Å². The van der Waals surface area contributed by atoms with Crippen molar-refractivity contribution in [1.82, 2.24) is 0 Å². The molecule has 1 nitrogen and oxygen atoms in total. The molecule has 0 radical (unpaired) electrons. The number of benzene rings is 3. The van der Waals surface area contributed by atoms with Gasteiger partial charge in [0.15, 0.2) is 0 Å². The summed E-state index contributed by atoms with van der Waals surface area (Å²) in [6.45, 7) is 3.58. The van der Waals surface area contributed by atoms with E-state index in [1.807, 2.05) is 55.5 Å². The third-order valence-corrected chi connectivity index (χ3v) is 4.05. The van der Waals surface area contributed by atoms with Crippen LogP contribution < -0.4 is 4.74 Å². The number of rotatable bonds is 1. The Bertz CT molecular complexity index is 1120. The van der Waals surface area contributed by atoms with Crippen molar-refractivity contribution >= 4 is 0 Å². The highest BCUT2D eigenvalue weighted by molar-refractivity contribution is 5.50. The first kappa shape index (κ1) is 20.1. The van der Waals surface area contributed by atoms with Gasteiger partial charge in [0.05, 0.1) is 0 Å². The number of aryl methyl sites for hydroxylation is 2. The zero-order chi connectivity index (χ0) is 20.9. The number of ether oxygens (including phenoxy) is 1. The summed E-state index contributed by atoms with van der Waals surface area (Å²) in [5.41, 5.74) is 4.56. The van der Waals surface area contributed by atoms with Crippen molar-refractivity contribution in [1.29, 1.82) is 0 Å². The predicted molar refractivity (Wildman–Crippen MR) is 107 cm³/mol. The topological polar surface area (TPSA) is 9.23 Å². The molecule has 0 fully saturated rings. The predicted octanol–water partition coefficient (Wildman–Crippen LogP) is 6.00. The Balaban J connectivity index is 1.73. The van der Waals surface area contributed by atoms with E-state index >= 15 is 0 Å². The van der Waals surface area contributed by atoms with Crippen LogP contribution >= 0.6 is 0 Å². The maximum absolute atomic E-state index is 12.5. The van der Waals surface area contributed by atoms with Crippen molar-refractivity contribution in [2.45, 2.75) is 20.2 Å². The van der Waals surface area contributed by atoms with E-state index in [0.29, 0.717) is 11.1 Å². The number of hydrogen-bond donors (Lipinski definition) is 0. The Kier molecular flexibility index (Phi) is 5.96. The second-order valence-electron chi connectivity index (χ2n) is 6.47. The highest BCUT2D eigenvalue weighted by atomic mass is 19.4. The molecular weight excluding hydrogens is 373 g/mol. The maximum atomic E-state index is 12.5. The lowest BCUT2D eigenvalue weighted by molar-refractivity contribution is -0.274. The van der Waals surface area contributed by atoms with Crippen LogP contribution in [0.4, 0.5) is 13.2 Å². The van der Waals surface area contributed by atoms with Gasteiger partial charge in [0.1, 0.15) is 5.75 Å². The fourth-order valence-corrected chi connectivity index (χ4v) is 2.47. The third-order valence-electron chi connectivity index (χ3n) is 4.05. The van der Waals surface area contributed by atoms with E-state index in [1.54, 1.807) is 19.1 Å². The first-order valence-electron chi connectivity index (χ1n) is 8.86. The molecule has 3 aromatic rings. The van der Waals surface area contributed by atoms with Gasteiger partial charge in [0.25, 0.3) is 0 Å². The van der Waals surface area contributed by atoms with Gasteiger partial charge >= 0.3 is 6.36 Å². The minimum Gasteiger partial charge on any atom is -0.405 e. The summed E-state index contributed by atoms with van der Waals surface area (Å²) >= 11 is 0. The van der Waals surface area contributed by atoms with E-state index in [2.05, 4.69) is 28.4 Å². The molecule has 0 bridgehead atoms. The molecule has 3 aromatic carbocycles. The lowest BCUT2D eigenvalue weighted by atomic mass is 10.1. The van der Waals surface area contributed by atoms with Crippen molar-refractivity contribution in [3.63, 3.8) is 0 Å². The molecule has 0 N–H and O–H groups in total. The van der Waals surface area contributed by atoms with Crippen LogP contribution in [0, 0.1) is 37.5 Å². The molecule has 0 saturated heterocycles. The van der Waals surface area contributed by atoms with Crippen molar-refractivity contribution in [3.8, 4) is 29.4 Å². The van der Waals surface area contributed by atoms with E-state index in [-0.39, 0.29) is 5.75 Å². The van der Waals surface area contributed by atoms with Crippen LogP contribution in [0.25, 0.3) is 0 Å². The van der Waals surface area contributed by atoms with Gasteiger partial charge in [0.2, 0.25) is 0 Å². The highest BCUT2D eigenvalue weighted by Crippen LogP contribution is 2.26. The van der Waals surface area contributed by atoms with Crippen LogP contribution in [0.5, 0.6) is 5.75 Å². The van der Waals surface area contributed by atoms with Crippen LogP contribution in [0.3, 0.4) is 0 Å². The molecule has 0 amide bonds. The van der Waals surface area contributed by atoms with Crippen LogP contribution in [-0.4, -0.2) is 6.36 Å². The summed E-state index contributed by atoms with van der Waals surface area (Å²) in [5, 5.41) is 0. The van der Waals surface area contributed by atoms with Gasteiger partial charge in [-0.25, -0.2) is 0 Å². The fraction of sp³-hybridized carbons (Fsp3) is 0.120. The van der Waals surface area contributed by atoms with E-state index < -0.39 is 6.36 Å². The van der Waals surface area contributed by atoms with Crippen molar-refractivity contribution in [2.75, 3.05) is 0 Å². The minimum atomic E-state index is -4.73. The number of alkyl halides is 3. The molecule has 144 valence electrons. The molecule has 0 aliphatic carbocycles. The summed E-state index contributed by atoms with van der Waals surface area (Å²) < 4.78 is 41.4. The van der Waals surface area contributed by atoms with Gasteiger partial charge in [-0.1, -0.05) is 47.4 Å². The number of halogens is 3. The highest BCUT2D eigenvalue weighted by Gasteiger charge is 2.31. The Morgan fingerprint density at radius 1 is 0.621 bits per heavy atom. The molecular formula is C25H17F3O. The van der Waals surface area contributed by atoms with Gasteiger partial charge in [-0.05, 0) is 67.9 Å². The van der Waals surface area contributed by atoms with Crippen LogP contribution in [-0.2, 0) is 0 Å². The average molecular weight is 390 g/mol. The van der Waals surface area contributed by atoms with E-state index in [4.69, 9.17) is 0 Å². The molecule has 3 rings (SSSR count). The second-order valence-corrected chi connectivity index (χ2v) is 6.47. The fourth-order valence-electron chi connectivity index (χ4n) is 2.47. The van der Waals surface area contributed by atoms with Crippen LogP contribution in [0.15, 0.2) is 66.7 Å². The summed E-state index contributed by atoms with van der Waals surface area (Å²) in [7, 11) is 0. The molecule has 0 aliphatic heterocycles. The second kappa shape index (κ2) is 8.59. The summed E-state index contributed by atoms with van der Waals surface area (Å²) in [6.07, 6.45) is -4.73. The minimum absolute atomic E-state index is 0.244. The van der Waals surface area contributed by atoms with E-state index in [1.165, 1.54) is 11.6 Å². The normalized spacial score (nSPS) is 10.4. The Labute approximate surface area is 168 Å². The van der Waals surface area contributed by atoms with Gasteiger partial charge < -0.3 is 4.74 Å². The molecule has 0 spiro atoms. The standard InChI is InChI=1S/C25H17F3O/c1-18-3-6-20(7-4-18)9-10-21-11-13-22(14-12-21)15-16-23-8-5-19(2)24(17-23)29-25(26,27)28/h3-8,11-14,17H,1-2H3. The molecule has 29 heavy (non-hydrogen) atoms. The Morgan fingerprint density at radius 3 is 1.52 bits per heavy atom. The van der Waals surface area contributed by atoms with Crippen LogP contribution in [0.1, 0.15) is 33.4 Å². The molecule has 0 atom stereocenters. The average Bonchev–Trinajstić information content (AvgIpc) is 2.68. The molecule has 0 unspecified atom stereocenters. The molecule has 0 aromatic heterocycles. The van der Waals surface area contributed by atoms with Crippen LogP contribution in [0.2, 0.25) is 0 Å². The summed E-state index contributed by atoms with van der Waals surface area (Å²) in [5.74, 6) is 11.8. The third kappa shape index (κ3) is 6.19. The summed E-state index contributed by atoms with van der Waals surface area (Å²) in [4.78, 5) is 0. The zero-order valence-corrected chi connectivity index (χ0v) is 15.9. The Hall–Kier alpha value is -3.63. The van der Waals surface area contributed by atoms with Crippen molar-refractivity contribution in [3.05, 3.63) is 100 Å². The summed E-state index contributed by atoms with van der Waals surface area (Å²) in [6, 6.07) is 19.8. The SMILES string of the molecule is Cc1ccc(C#Cc2ccc(C#Cc3ccc(C)c(OC(F)(F)F)c3)cc2)cc1. The smallest absolute Gasteiger partial charge is 0.405 e. The zero-order valence-electron chi connectivity index (χ0n) is 15.9. The largest absolute Gasteiger partial charge is 0.573 e. The van der Waals surface area contributed by atoms with Gasteiger partial charge in [-0.3, -0.25) is 0 Å². The van der Waals surface area contributed by atoms with Crippen molar-refractivity contribution < 1.29 is 17.9 Å². The van der Waals surface area contributed by atoms with E-state index in [0.717, 1.165) is 16.7 Å². The lowest BCUT2D eigenvalue weighted by Crippen LogP contribution is -2.17. The van der Waals surface area contributed by atoms with Gasteiger partial charge in [-0.15, -0.1) is 13.2 Å². The van der Waals surface area contributed by atoms with Crippen molar-refractivity contribution in [2.24, 2.45) is 0 Å². The quantitative estimate of drug-likeness (QED) is 0.463. The lowest BCUT2D eigenvalue weighted by Gasteiger charge is -2.11. The first-order valence-corrected chi connectivity index (χ1v) is 8.86. The number of hydrogen-bond acceptors (Lipinski definition) is 1. The monoisotopic (exact) mass is 390 g/mol. The first-order chi connectivity index (χ1) is 13.8. The molecule has 4 heteroatoms. The van der Waals surface area contributed by atoms with E-state index in [9.17, 15) is 13.2 Å².